The summed E-state index contributed by atoms with van der Waals surface area (Å²) in [6.07, 6.45) is 1.39. The van der Waals surface area contributed by atoms with Crippen molar-refractivity contribution in [3.8, 4) is 0 Å². The highest BCUT2D eigenvalue weighted by Crippen LogP contribution is 2.09. The highest BCUT2D eigenvalue weighted by Gasteiger charge is 2.06. The van der Waals surface area contributed by atoms with E-state index in [1.807, 2.05) is 0 Å². The molecular formula is C6H4O3S. The van der Waals surface area contributed by atoms with E-state index in [4.69, 9.17) is 4.42 Å². The number of carbonyl (C=O) groups is 2. The van der Waals surface area contributed by atoms with Crippen LogP contribution < -0.4 is 0 Å². The van der Waals surface area contributed by atoms with Gasteiger partial charge in [-0.05, 0) is 23.9 Å². The topological polar surface area (TPSA) is 47.3 Å². The van der Waals surface area contributed by atoms with Crippen LogP contribution in [0.2, 0.25) is 0 Å². The van der Waals surface area contributed by atoms with Gasteiger partial charge in [-0.15, -0.1) is 0 Å². The van der Waals surface area contributed by atoms with Crippen molar-refractivity contribution in [1.29, 1.82) is 0 Å². The highest BCUT2D eigenvalue weighted by atomic mass is 32.2. The van der Waals surface area contributed by atoms with Crippen molar-refractivity contribution in [2.24, 2.45) is 0 Å². The maximum absolute atomic E-state index is 10.7. The van der Waals surface area contributed by atoms with Crippen LogP contribution in [0.25, 0.3) is 0 Å². The Labute approximate surface area is 61.4 Å². The summed E-state index contributed by atoms with van der Waals surface area (Å²) in [7, 11) is 0. The molecule has 0 radical (unpaired) electrons. The van der Waals surface area contributed by atoms with Gasteiger partial charge in [0.05, 0.1) is 6.26 Å². The van der Waals surface area contributed by atoms with Crippen molar-refractivity contribution in [3.63, 3.8) is 0 Å². The number of thioether (sulfide) groups is 1. The summed E-state index contributed by atoms with van der Waals surface area (Å²) >= 11 is 0.576. The molecule has 1 heterocycles. The minimum absolute atomic E-state index is 0.206. The molecule has 0 saturated heterocycles. The second-order valence-corrected chi connectivity index (χ2v) is 2.28. The Bertz CT molecular complexity index is 227. The Morgan fingerprint density at radius 2 is 2.50 bits per heavy atom. The van der Waals surface area contributed by atoms with Crippen LogP contribution in [0.4, 0.5) is 0 Å². The van der Waals surface area contributed by atoms with Gasteiger partial charge in [0.25, 0.3) is 5.12 Å². The SMILES string of the molecule is O=CSC(=O)c1ccco1. The first-order valence-corrected chi connectivity index (χ1v) is 3.40. The molecule has 1 aromatic heterocycles. The molecule has 0 fully saturated rings. The van der Waals surface area contributed by atoms with Gasteiger partial charge in [-0.1, -0.05) is 0 Å². The molecule has 1 aromatic rings. The Hall–Kier alpha value is -1.03. The molecule has 0 N–H and O–H groups in total. The van der Waals surface area contributed by atoms with E-state index in [1.54, 1.807) is 6.07 Å². The fraction of sp³-hybridized carbons (Fsp3) is 0. The fourth-order valence-electron chi connectivity index (χ4n) is 0.496. The second kappa shape index (κ2) is 3.22. The molecule has 0 atom stereocenters. The van der Waals surface area contributed by atoms with Crippen LogP contribution in [0.1, 0.15) is 10.6 Å². The molecule has 4 heteroatoms. The summed E-state index contributed by atoms with van der Waals surface area (Å²) in [5.74, 6) is 0.206. The van der Waals surface area contributed by atoms with E-state index in [2.05, 4.69) is 0 Å². The first-order valence-electron chi connectivity index (χ1n) is 2.52. The quantitative estimate of drug-likeness (QED) is 0.606. The lowest BCUT2D eigenvalue weighted by molar-refractivity contribution is 0.106. The molecule has 0 unspecified atom stereocenters. The summed E-state index contributed by atoms with van der Waals surface area (Å²) in [6, 6.07) is 3.11. The molecule has 0 aliphatic heterocycles. The van der Waals surface area contributed by atoms with Crippen LogP contribution >= 0.6 is 11.8 Å². The number of rotatable bonds is 2. The van der Waals surface area contributed by atoms with Crippen LogP contribution in [0, 0.1) is 0 Å². The third-order valence-electron chi connectivity index (χ3n) is 0.878. The van der Waals surface area contributed by atoms with E-state index in [9.17, 15) is 9.59 Å². The van der Waals surface area contributed by atoms with Gasteiger partial charge < -0.3 is 4.42 Å². The lowest BCUT2D eigenvalue weighted by Gasteiger charge is -1.84. The lowest BCUT2D eigenvalue weighted by atomic mass is 10.5. The first-order chi connectivity index (χ1) is 4.84. The summed E-state index contributed by atoms with van der Waals surface area (Å²) in [4.78, 5) is 20.6. The van der Waals surface area contributed by atoms with Crippen molar-refractivity contribution in [3.05, 3.63) is 24.2 Å². The fourth-order valence-corrected chi connectivity index (χ4v) is 0.816. The monoisotopic (exact) mass is 156 g/mol. The zero-order chi connectivity index (χ0) is 7.40. The normalized spacial score (nSPS) is 9.20. The summed E-state index contributed by atoms with van der Waals surface area (Å²) < 4.78 is 4.72. The molecule has 0 bridgehead atoms. The van der Waals surface area contributed by atoms with E-state index in [1.165, 1.54) is 12.3 Å². The van der Waals surface area contributed by atoms with Crippen LogP contribution in [-0.4, -0.2) is 10.7 Å². The van der Waals surface area contributed by atoms with Crippen molar-refractivity contribution in [2.75, 3.05) is 0 Å². The third kappa shape index (κ3) is 1.48. The van der Waals surface area contributed by atoms with Gasteiger partial charge in [-0.25, -0.2) is 0 Å². The van der Waals surface area contributed by atoms with Crippen LogP contribution in [0.5, 0.6) is 0 Å². The number of hydrogen-bond acceptors (Lipinski definition) is 4. The molecule has 0 aliphatic carbocycles. The Morgan fingerprint density at radius 3 is 3.00 bits per heavy atom. The minimum Gasteiger partial charge on any atom is -0.460 e. The molecule has 0 aromatic carbocycles. The van der Waals surface area contributed by atoms with Gasteiger partial charge in [0.15, 0.2) is 11.4 Å². The predicted molar refractivity (Wildman–Crippen MR) is 37.4 cm³/mol. The van der Waals surface area contributed by atoms with Crippen molar-refractivity contribution in [2.45, 2.75) is 0 Å². The van der Waals surface area contributed by atoms with E-state index >= 15 is 0 Å². The number of hydrogen-bond donors (Lipinski definition) is 0. The largest absolute Gasteiger partial charge is 0.460 e. The Balaban J connectivity index is 2.68. The molecule has 0 spiro atoms. The zero-order valence-electron chi connectivity index (χ0n) is 4.94. The molecule has 52 valence electrons. The third-order valence-corrected chi connectivity index (χ3v) is 1.39. The maximum atomic E-state index is 10.7. The van der Waals surface area contributed by atoms with Crippen LogP contribution in [-0.2, 0) is 4.79 Å². The van der Waals surface area contributed by atoms with E-state index in [-0.39, 0.29) is 10.9 Å². The van der Waals surface area contributed by atoms with Gasteiger partial charge in [-0.2, -0.15) is 0 Å². The molecule has 0 saturated carbocycles. The average Bonchev–Trinajstić information content (AvgIpc) is 2.38. The van der Waals surface area contributed by atoms with E-state index < -0.39 is 0 Å². The van der Waals surface area contributed by atoms with Gasteiger partial charge in [0.2, 0.25) is 0 Å². The average molecular weight is 156 g/mol. The summed E-state index contributed by atoms with van der Waals surface area (Å²) in [6.45, 7) is 0. The standard InChI is InChI=1S/C6H4O3S/c7-4-10-6(8)5-2-1-3-9-5/h1-4H. The molecular weight excluding hydrogens is 152 g/mol. The van der Waals surface area contributed by atoms with Gasteiger partial charge in [0.1, 0.15) is 0 Å². The molecule has 1 rings (SSSR count). The van der Waals surface area contributed by atoms with Crippen molar-refractivity contribution < 1.29 is 14.0 Å². The van der Waals surface area contributed by atoms with Crippen LogP contribution in [0.15, 0.2) is 22.8 Å². The molecule has 0 aliphatic rings. The maximum Gasteiger partial charge on any atom is 0.261 e. The Kier molecular flexibility index (Phi) is 2.28. The highest BCUT2D eigenvalue weighted by molar-refractivity contribution is 8.25. The molecule has 10 heavy (non-hydrogen) atoms. The molecule has 0 amide bonds. The molecule has 3 nitrogen and oxygen atoms in total. The van der Waals surface area contributed by atoms with E-state index in [0.29, 0.717) is 17.4 Å². The van der Waals surface area contributed by atoms with Gasteiger partial charge in [-0.3, -0.25) is 9.59 Å². The smallest absolute Gasteiger partial charge is 0.261 e. The van der Waals surface area contributed by atoms with Gasteiger partial charge >= 0.3 is 0 Å². The number of furan rings is 1. The van der Waals surface area contributed by atoms with Crippen LogP contribution in [0.3, 0.4) is 0 Å². The minimum atomic E-state index is -0.361. The van der Waals surface area contributed by atoms with Gasteiger partial charge in [0, 0.05) is 0 Å². The first kappa shape index (κ1) is 7.08. The Morgan fingerprint density at radius 1 is 1.70 bits per heavy atom. The second-order valence-electron chi connectivity index (χ2n) is 1.48. The van der Waals surface area contributed by atoms with Crippen molar-refractivity contribution in [1.82, 2.24) is 0 Å². The van der Waals surface area contributed by atoms with Crippen molar-refractivity contribution >= 4 is 22.5 Å². The lowest BCUT2D eigenvalue weighted by Crippen LogP contribution is -1.88. The number of carbonyl (C=O) groups excluding carboxylic acids is 2. The predicted octanol–water partition coefficient (Wildman–Crippen LogP) is 1.34. The van der Waals surface area contributed by atoms with E-state index in [0.717, 1.165) is 0 Å². The zero-order valence-corrected chi connectivity index (χ0v) is 5.76. The summed E-state index contributed by atoms with van der Waals surface area (Å²) in [5.41, 5.74) is 0.477. The summed E-state index contributed by atoms with van der Waals surface area (Å²) in [5, 5.41) is -0.361.